The fourth-order valence-electron chi connectivity index (χ4n) is 2.42. The lowest BCUT2D eigenvalue weighted by atomic mass is 10.1. The summed E-state index contributed by atoms with van der Waals surface area (Å²) in [6.45, 7) is 0.237. The predicted molar refractivity (Wildman–Crippen MR) is 68.7 cm³/mol. The maximum absolute atomic E-state index is 13.5. The largest absolute Gasteiger partial charge is 0.393 e. The molecule has 0 aliphatic heterocycles. The predicted octanol–water partition coefficient (Wildman–Crippen LogP) is 1.76. The molecule has 0 bridgehead atoms. The zero-order valence-corrected chi connectivity index (χ0v) is 11.0. The summed E-state index contributed by atoms with van der Waals surface area (Å²) < 4.78 is 26.7. The van der Waals surface area contributed by atoms with Crippen LogP contribution in [0.3, 0.4) is 0 Å². The van der Waals surface area contributed by atoms with Crippen LogP contribution in [-0.4, -0.2) is 28.6 Å². The van der Waals surface area contributed by atoms with Crippen LogP contribution >= 0.6 is 0 Å². The molecule has 2 atom stereocenters. The Balaban J connectivity index is 2.08. The molecule has 6 nitrogen and oxygen atoms in total. The monoisotopic (exact) mass is 300 g/mol. The van der Waals surface area contributed by atoms with E-state index < -0.39 is 39.8 Å². The first kappa shape index (κ1) is 15.3. The smallest absolute Gasteiger partial charge is 0.305 e. The maximum atomic E-state index is 13.5. The van der Waals surface area contributed by atoms with Gasteiger partial charge in [0.25, 0.3) is 5.91 Å². The van der Waals surface area contributed by atoms with Gasteiger partial charge in [-0.15, -0.1) is 0 Å². The van der Waals surface area contributed by atoms with Crippen LogP contribution in [0.15, 0.2) is 12.1 Å². The van der Waals surface area contributed by atoms with E-state index in [1.165, 1.54) is 0 Å². The van der Waals surface area contributed by atoms with Gasteiger partial charge in [-0.2, -0.15) is 4.39 Å². The first-order valence-electron chi connectivity index (χ1n) is 6.48. The highest BCUT2D eigenvalue weighted by Crippen LogP contribution is 2.25. The van der Waals surface area contributed by atoms with E-state index in [0.717, 1.165) is 6.42 Å². The molecule has 1 aliphatic carbocycles. The van der Waals surface area contributed by atoms with E-state index in [9.17, 15) is 28.8 Å². The Bertz CT molecular complexity index is 580. The third-order valence-electron chi connectivity index (χ3n) is 3.54. The highest BCUT2D eigenvalue weighted by atomic mass is 19.1. The van der Waals surface area contributed by atoms with Crippen molar-refractivity contribution in [2.24, 2.45) is 5.92 Å². The summed E-state index contributed by atoms with van der Waals surface area (Å²) in [6, 6.07) is 0.913. The van der Waals surface area contributed by atoms with Gasteiger partial charge in [-0.3, -0.25) is 14.9 Å². The van der Waals surface area contributed by atoms with Crippen molar-refractivity contribution in [1.82, 2.24) is 5.32 Å². The number of amides is 1. The molecule has 2 unspecified atom stereocenters. The molecule has 1 aliphatic rings. The van der Waals surface area contributed by atoms with Gasteiger partial charge in [-0.05, 0) is 25.2 Å². The zero-order chi connectivity index (χ0) is 15.6. The van der Waals surface area contributed by atoms with E-state index in [1.54, 1.807) is 0 Å². The number of nitrogens with zero attached hydrogens (tertiary/aromatic N) is 1. The van der Waals surface area contributed by atoms with Crippen LogP contribution in [0, 0.1) is 27.7 Å². The Kier molecular flexibility index (Phi) is 4.46. The average Bonchev–Trinajstić information content (AvgIpc) is 2.81. The third-order valence-corrected chi connectivity index (χ3v) is 3.54. The van der Waals surface area contributed by atoms with Crippen LogP contribution in [-0.2, 0) is 0 Å². The van der Waals surface area contributed by atoms with Crippen LogP contribution < -0.4 is 5.32 Å². The molecule has 1 aromatic rings. The lowest BCUT2D eigenvalue weighted by Gasteiger charge is -2.11. The fourth-order valence-corrected chi connectivity index (χ4v) is 2.42. The molecule has 8 heteroatoms. The van der Waals surface area contributed by atoms with Gasteiger partial charge < -0.3 is 10.4 Å². The van der Waals surface area contributed by atoms with E-state index in [1.807, 2.05) is 0 Å². The number of carbonyl (C=O) groups excluding carboxylic acids is 1. The number of benzene rings is 1. The molecule has 21 heavy (non-hydrogen) atoms. The van der Waals surface area contributed by atoms with Gasteiger partial charge >= 0.3 is 5.69 Å². The molecule has 1 fully saturated rings. The molecule has 0 radical (unpaired) electrons. The SMILES string of the molecule is O=C(NCC1CCC(O)C1)c1cc([N+](=O)[O-])c(F)cc1F. The van der Waals surface area contributed by atoms with Crippen molar-refractivity contribution >= 4 is 11.6 Å². The first-order valence-corrected chi connectivity index (χ1v) is 6.48. The lowest BCUT2D eigenvalue weighted by Crippen LogP contribution is -2.29. The van der Waals surface area contributed by atoms with Crippen LogP contribution in [0.25, 0.3) is 0 Å². The molecule has 114 valence electrons. The second-order valence-electron chi connectivity index (χ2n) is 5.08. The second kappa shape index (κ2) is 6.13. The molecular formula is C13H14F2N2O4. The number of aliphatic hydroxyl groups is 1. The van der Waals surface area contributed by atoms with Gasteiger partial charge in [0.15, 0.2) is 0 Å². The number of hydrogen-bond donors (Lipinski definition) is 2. The minimum absolute atomic E-state index is 0.0856. The number of halogens is 2. The Morgan fingerprint density at radius 3 is 2.67 bits per heavy atom. The highest BCUT2D eigenvalue weighted by molar-refractivity contribution is 5.95. The standard InChI is InChI=1S/C13H14F2N2O4/c14-10-5-11(15)12(17(20)21)4-9(10)13(19)16-6-7-1-2-8(18)3-7/h4-5,7-8,18H,1-3,6H2,(H,16,19). The normalized spacial score (nSPS) is 21.3. The molecule has 0 aromatic heterocycles. The van der Waals surface area contributed by atoms with Crippen molar-refractivity contribution in [3.63, 3.8) is 0 Å². The number of carbonyl (C=O) groups is 1. The van der Waals surface area contributed by atoms with Crippen molar-refractivity contribution in [2.75, 3.05) is 6.54 Å². The van der Waals surface area contributed by atoms with E-state index in [0.29, 0.717) is 25.0 Å². The molecule has 2 rings (SSSR count). The number of hydrogen-bond acceptors (Lipinski definition) is 4. The Morgan fingerprint density at radius 1 is 1.38 bits per heavy atom. The van der Waals surface area contributed by atoms with Gasteiger partial charge in [0.05, 0.1) is 16.6 Å². The second-order valence-corrected chi connectivity index (χ2v) is 5.08. The minimum atomic E-state index is -1.33. The van der Waals surface area contributed by atoms with Crippen molar-refractivity contribution in [1.29, 1.82) is 0 Å². The number of rotatable bonds is 4. The zero-order valence-electron chi connectivity index (χ0n) is 11.0. The van der Waals surface area contributed by atoms with Gasteiger partial charge in [0, 0.05) is 18.7 Å². The lowest BCUT2D eigenvalue weighted by molar-refractivity contribution is -0.387. The molecule has 0 spiro atoms. The quantitative estimate of drug-likeness (QED) is 0.654. The molecule has 1 aromatic carbocycles. The van der Waals surface area contributed by atoms with E-state index in [4.69, 9.17) is 0 Å². The number of nitro benzene ring substituents is 1. The molecular weight excluding hydrogens is 286 g/mol. The summed E-state index contributed by atoms with van der Waals surface area (Å²) in [5, 5.41) is 22.4. The van der Waals surface area contributed by atoms with Crippen LogP contribution in [0.5, 0.6) is 0 Å². The van der Waals surface area contributed by atoms with Gasteiger partial charge in [-0.25, -0.2) is 4.39 Å². The van der Waals surface area contributed by atoms with E-state index >= 15 is 0 Å². The van der Waals surface area contributed by atoms with Crippen molar-refractivity contribution in [3.05, 3.63) is 39.4 Å². The number of nitrogens with one attached hydrogen (secondary N) is 1. The number of aliphatic hydroxyl groups excluding tert-OH is 1. The summed E-state index contributed by atoms with van der Waals surface area (Å²) in [4.78, 5) is 21.4. The molecule has 1 amide bonds. The van der Waals surface area contributed by atoms with Crippen molar-refractivity contribution in [2.45, 2.75) is 25.4 Å². The van der Waals surface area contributed by atoms with Crippen LogP contribution in [0.2, 0.25) is 0 Å². The van der Waals surface area contributed by atoms with Crippen LogP contribution in [0.1, 0.15) is 29.6 Å². The van der Waals surface area contributed by atoms with Crippen LogP contribution in [0.4, 0.5) is 14.5 Å². The van der Waals surface area contributed by atoms with Crippen molar-refractivity contribution < 1.29 is 23.6 Å². The van der Waals surface area contributed by atoms with Gasteiger partial charge in [-0.1, -0.05) is 0 Å². The molecule has 1 saturated carbocycles. The minimum Gasteiger partial charge on any atom is -0.393 e. The van der Waals surface area contributed by atoms with E-state index in [-0.39, 0.29) is 12.5 Å². The highest BCUT2D eigenvalue weighted by Gasteiger charge is 2.25. The summed E-state index contributed by atoms with van der Waals surface area (Å²) in [6.07, 6.45) is 1.55. The van der Waals surface area contributed by atoms with Gasteiger partial charge in [0.2, 0.25) is 5.82 Å². The maximum Gasteiger partial charge on any atom is 0.305 e. The third kappa shape index (κ3) is 3.52. The Labute approximate surface area is 118 Å². The topological polar surface area (TPSA) is 92.5 Å². The fraction of sp³-hybridized carbons (Fsp3) is 0.462. The molecule has 0 saturated heterocycles. The van der Waals surface area contributed by atoms with Gasteiger partial charge in [0.1, 0.15) is 5.82 Å². The summed E-state index contributed by atoms with van der Waals surface area (Å²) in [7, 11) is 0. The molecule has 2 N–H and O–H groups in total. The number of nitro groups is 1. The summed E-state index contributed by atoms with van der Waals surface area (Å²) in [5.74, 6) is -3.23. The average molecular weight is 300 g/mol. The summed E-state index contributed by atoms with van der Waals surface area (Å²) >= 11 is 0. The van der Waals surface area contributed by atoms with E-state index in [2.05, 4.69) is 5.32 Å². The first-order chi connectivity index (χ1) is 9.88. The van der Waals surface area contributed by atoms with Crippen molar-refractivity contribution in [3.8, 4) is 0 Å². The Hall–Kier alpha value is -2.09. The Morgan fingerprint density at radius 2 is 2.10 bits per heavy atom. The summed E-state index contributed by atoms with van der Waals surface area (Å²) in [5.41, 5.74) is -1.51. The molecule has 0 heterocycles.